The quantitative estimate of drug-likeness (QED) is 0.0461. The Balaban J connectivity index is 1.69. The summed E-state index contributed by atoms with van der Waals surface area (Å²) in [7, 11) is -31.3. The molecule has 368 valence electrons. The van der Waals surface area contributed by atoms with Crippen LogP contribution in [0.3, 0.4) is 0 Å². The van der Waals surface area contributed by atoms with E-state index in [0.29, 0.717) is 61.4 Å². The van der Waals surface area contributed by atoms with Gasteiger partial charge < -0.3 is 54.1 Å². The van der Waals surface area contributed by atoms with E-state index in [0.717, 1.165) is 51.4 Å². The van der Waals surface area contributed by atoms with Crippen molar-refractivity contribution in [2.75, 3.05) is 6.61 Å². The molecule has 63 heavy (non-hydrogen) atoms. The molecule has 0 unspecified atom stereocenters. The third kappa shape index (κ3) is 14.9. The van der Waals surface area contributed by atoms with Gasteiger partial charge in [0.1, 0.15) is 0 Å². The van der Waals surface area contributed by atoms with Crippen LogP contribution in [0.1, 0.15) is 162 Å². The topological polar surface area (TPSA) is 137 Å². The Bertz CT molecular complexity index is 1320. The van der Waals surface area contributed by atoms with Crippen molar-refractivity contribution >= 4 is 76.4 Å². The van der Waals surface area contributed by atoms with E-state index in [-0.39, 0.29) is 47.4 Å². The maximum Gasteiger partial charge on any atom is 0.479 e. The van der Waals surface area contributed by atoms with Crippen LogP contribution in [0.25, 0.3) is 0 Å². The Morgan fingerprint density at radius 2 is 0.540 bits per heavy atom. The summed E-state index contributed by atoms with van der Waals surface area (Å²) < 4.78 is 99.4. The lowest BCUT2D eigenvalue weighted by Crippen LogP contribution is -2.88. The second kappa shape index (κ2) is 22.2. The smallest absolute Gasteiger partial charge is 0.466 e. The molecule has 0 amide bonds. The van der Waals surface area contributed by atoms with Gasteiger partial charge in [-0.2, -0.15) is 0 Å². The van der Waals surface area contributed by atoms with Crippen molar-refractivity contribution in [1.82, 2.24) is 0 Å². The molecule has 0 saturated carbocycles. The maximum atomic E-state index is 11.8. The third-order valence-corrected chi connectivity index (χ3v) is 51.3. The number of carbonyl (C=O) groups is 1. The first kappa shape index (κ1) is 54.7. The van der Waals surface area contributed by atoms with Gasteiger partial charge in [0.2, 0.25) is 0 Å². The van der Waals surface area contributed by atoms with Crippen LogP contribution in [0.2, 0.25) is 48.4 Å². The number of hydrogen-bond acceptors (Lipinski definition) is 14. The van der Waals surface area contributed by atoms with Crippen molar-refractivity contribution in [3.63, 3.8) is 0 Å². The van der Waals surface area contributed by atoms with Gasteiger partial charge >= 0.3 is 76.4 Å². The van der Waals surface area contributed by atoms with Gasteiger partial charge in [0.25, 0.3) is 0 Å². The normalized spacial score (nSPS) is 36.5. The summed E-state index contributed by atoms with van der Waals surface area (Å²) >= 11 is 0. The molecule has 0 aromatic heterocycles. The van der Waals surface area contributed by atoms with Crippen LogP contribution in [0.5, 0.6) is 0 Å². The molecular weight excluding hydrogens is 941 g/mol. The number of rotatable bonds is 26. The zero-order chi connectivity index (χ0) is 46.5. The molecule has 0 spiro atoms. The van der Waals surface area contributed by atoms with Gasteiger partial charge in [0, 0.05) is 54.8 Å². The Hall–Kier alpha value is 0.725. The molecule has 8 bridgehead atoms. The maximum absolute atomic E-state index is 11.8. The van der Waals surface area contributed by atoms with E-state index >= 15 is 0 Å². The molecule has 6 aliphatic heterocycles. The van der Waals surface area contributed by atoms with Crippen molar-refractivity contribution < 1.29 is 58.9 Å². The van der Waals surface area contributed by atoms with E-state index in [2.05, 4.69) is 96.9 Å². The zero-order valence-corrected chi connectivity index (χ0v) is 50.0. The van der Waals surface area contributed by atoms with Gasteiger partial charge in [-0.1, -0.05) is 135 Å². The SMILES string of the molecule is CCOC(=O)CCCCCCCCCC[Si]12O[Si]3(CC(C)C)O[Si]4(CC(C)C)O[Si](CC(C)C)(O1)O[Si]1(CC(C)C)O[Si](CC(C)C)(O2)O[Si](CC(C)C)(O3)O[Si](CC(C)C)(O4)O1. The second-order valence-electron chi connectivity index (χ2n) is 22.0. The standard InChI is InChI=1S/C41H88O14Si8/c1-16-43-41(42)25-23-21-19-17-18-20-22-24-26-56-44-57(27-34(2)3)47-60(30-37(8)9)49-58(45-56,28-35(4)5)51-62(32-39(12)13)52-59(46-56,29-36(6)7)50-61(48-57,31-38(10)11)54-63(53-60,55-62)33-40(14)15/h34-40H,16-33H2,1-15H3. The molecule has 22 heteroatoms. The van der Waals surface area contributed by atoms with Gasteiger partial charge in [-0.3, -0.25) is 4.79 Å². The van der Waals surface area contributed by atoms with Gasteiger partial charge in [-0.25, -0.2) is 0 Å². The fourth-order valence-corrected chi connectivity index (χ4v) is 61.4. The summed E-state index contributed by atoms with van der Waals surface area (Å²) in [6.07, 6.45) is 8.56. The highest BCUT2D eigenvalue weighted by atomic mass is 28.6. The van der Waals surface area contributed by atoms with Crippen LogP contribution >= 0.6 is 0 Å². The van der Waals surface area contributed by atoms with Crippen LogP contribution in [0.15, 0.2) is 0 Å². The number of carbonyl (C=O) groups excluding carboxylic acids is 1. The summed E-state index contributed by atoms with van der Waals surface area (Å²) in [6, 6.07) is 3.99. The summed E-state index contributed by atoms with van der Waals surface area (Å²) in [5, 5.41) is 0. The Morgan fingerprint density at radius 3 is 0.762 bits per heavy atom. The molecular formula is C41H88O14Si8. The molecule has 6 fully saturated rings. The van der Waals surface area contributed by atoms with Crippen LogP contribution in [-0.4, -0.2) is 83.0 Å². The highest BCUT2D eigenvalue weighted by Crippen LogP contribution is 2.56. The van der Waals surface area contributed by atoms with Crippen molar-refractivity contribution in [2.45, 2.75) is 210 Å². The van der Waals surface area contributed by atoms with Gasteiger partial charge in [0.15, 0.2) is 0 Å². The number of hydrogen-bond donors (Lipinski definition) is 0. The molecule has 6 saturated heterocycles. The summed E-state index contributed by atoms with van der Waals surface area (Å²) in [6.45, 7) is 32.8. The first-order chi connectivity index (χ1) is 29.4. The monoisotopic (exact) mass is 1030 g/mol. The molecule has 0 aromatic carbocycles. The Labute approximate surface area is 391 Å². The zero-order valence-electron chi connectivity index (χ0n) is 42.0. The molecule has 0 atom stereocenters. The molecule has 0 radical (unpaired) electrons. The van der Waals surface area contributed by atoms with Gasteiger partial charge in [0.05, 0.1) is 6.61 Å². The van der Waals surface area contributed by atoms with E-state index in [1.807, 2.05) is 6.92 Å². The molecule has 6 rings (SSSR count). The fourth-order valence-electron chi connectivity index (χ4n) is 9.78. The van der Waals surface area contributed by atoms with Gasteiger partial charge in [-0.15, -0.1) is 0 Å². The van der Waals surface area contributed by atoms with Crippen molar-refractivity contribution in [1.29, 1.82) is 0 Å². The Kier molecular flexibility index (Phi) is 19.3. The highest BCUT2D eigenvalue weighted by Gasteiger charge is 2.83. The largest absolute Gasteiger partial charge is 0.479 e. The van der Waals surface area contributed by atoms with Crippen LogP contribution in [0, 0.1) is 41.4 Å². The summed E-state index contributed by atoms with van der Waals surface area (Å²) in [5.74, 6) is 0.785. The van der Waals surface area contributed by atoms with Crippen molar-refractivity contribution in [3.8, 4) is 0 Å². The minimum absolute atomic E-state index is 0.100. The lowest BCUT2D eigenvalue weighted by molar-refractivity contribution is -0.143. The number of esters is 1. The lowest BCUT2D eigenvalue weighted by Gasteiger charge is -2.64. The first-order valence-corrected chi connectivity index (χ1v) is 40.4. The van der Waals surface area contributed by atoms with Crippen LogP contribution in [0.4, 0.5) is 0 Å². The molecule has 6 aliphatic rings. The van der Waals surface area contributed by atoms with E-state index in [4.69, 9.17) is 54.1 Å². The molecule has 14 nitrogen and oxygen atoms in total. The van der Waals surface area contributed by atoms with Crippen LogP contribution < -0.4 is 0 Å². The molecule has 0 N–H and O–H groups in total. The Morgan fingerprint density at radius 1 is 0.333 bits per heavy atom. The van der Waals surface area contributed by atoms with E-state index in [9.17, 15) is 4.79 Å². The molecule has 6 heterocycles. The van der Waals surface area contributed by atoms with Crippen molar-refractivity contribution in [2.24, 2.45) is 41.4 Å². The van der Waals surface area contributed by atoms with E-state index in [1.54, 1.807) is 0 Å². The predicted molar refractivity (Wildman–Crippen MR) is 260 cm³/mol. The van der Waals surface area contributed by atoms with E-state index in [1.165, 1.54) is 0 Å². The average Bonchev–Trinajstić information content (AvgIpc) is 3.03. The molecule has 0 aliphatic carbocycles. The minimum Gasteiger partial charge on any atom is -0.466 e. The number of ether oxygens (including phenoxy) is 1. The lowest BCUT2D eigenvalue weighted by atomic mass is 10.1. The van der Waals surface area contributed by atoms with Crippen LogP contribution in [-0.2, 0) is 58.9 Å². The summed E-state index contributed by atoms with van der Waals surface area (Å²) in [5.41, 5.74) is 0. The average molecular weight is 1030 g/mol. The fraction of sp³-hybridized carbons (Fsp3) is 0.976. The summed E-state index contributed by atoms with van der Waals surface area (Å²) in [4.78, 5) is 11.8. The molecule has 0 aromatic rings. The third-order valence-electron chi connectivity index (χ3n) is 11.3. The predicted octanol–water partition coefficient (Wildman–Crippen LogP) is 11.4. The van der Waals surface area contributed by atoms with Gasteiger partial charge in [-0.05, 0) is 61.2 Å². The van der Waals surface area contributed by atoms with Crippen molar-refractivity contribution in [3.05, 3.63) is 0 Å². The second-order valence-corrected chi connectivity index (χ2v) is 46.1. The first-order valence-electron chi connectivity index (χ1n) is 24.9. The van der Waals surface area contributed by atoms with E-state index < -0.39 is 70.4 Å². The minimum atomic E-state index is -3.94. The number of unbranched alkanes of at least 4 members (excludes halogenated alkanes) is 7. The highest BCUT2D eigenvalue weighted by molar-refractivity contribution is 7.03.